The number of hydrogen-bond donors (Lipinski definition) is 2. The van der Waals surface area contributed by atoms with Crippen LogP contribution in [0, 0.1) is 5.92 Å². The molecule has 0 aromatic carbocycles. The highest BCUT2D eigenvalue weighted by molar-refractivity contribution is 5.79. The van der Waals surface area contributed by atoms with Crippen LogP contribution < -0.4 is 10.6 Å². The lowest BCUT2D eigenvalue weighted by molar-refractivity contribution is -0.125. The Morgan fingerprint density at radius 3 is 2.70 bits per heavy atom. The van der Waals surface area contributed by atoms with Crippen molar-refractivity contribution in [1.82, 2.24) is 15.5 Å². The predicted molar refractivity (Wildman–Crippen MR) is 79.7 cm³/mol. The summed E-state index contributed by atoms with van der Waals surface area (Å²) in [7, 11) is 0. The smallest absolute Gasteiger partial charge is 0.227 e. The molecule has 1 amide bonds. The van der Waals surface area contributed by atoms with Gasteiger partial charge < -0.3 is 15.4 Å². The summed E-state index contributed by atoms with van der Waals surface area (Å²) in [5.41, 5.74) is 0. The van der Waals surface area contributed by atoms with E-state index in [2.05, 4.69) is 29.4 Å². The minimum Gasteiger partial charge on any atom is -0.379 e. The molecule has 1 saturated heterocycles. The van der Waals surface area contributed by atoms with Gasteiger partial charge in [-0.1, -0.05) is 13.8 Å². The Balaban J connectivity index is 1.67. The molecular weight excluding hydrogens is 254 g/mol. The lowest BCUT2D eigenvalue weighted by atomic mass is 10.0. The molecule has 1 aliphatic carbocycles. The maximum absolute atomic E-state index is 12.2. The van der Waals surface area contributed by atoms with Gasteiger partial charge in [-0.05, 0) is 32.4 Å². The van der Waals surface area contributed by atoms with Crippen molar-refractivity contribution in [2.24, 2.45) is 5.92 Å². The summed E-state index contributed by atoms with van der Waals surface area (Å²) in [5, 5.41) is 6.48. The zero-order chi connectivity index (χ0) is 14.4. The fourth-order valence-corrected chi connectivity index (χ4v) is 2.84. The second-order valence-electron chi connectivity index (χ2n) is 5.86. The molecule has 1 aliphatic heterocycles. The Bertz CT molecular complexity index is 307. The van der Waals surface area contributed by atoms with Gasteiger partial charge in [0.15, 0.2) is 0 Å². The molecular formula is C15H29N3O2. The van der Waals surface area contributed by atoms with Crippen LogP contribution in [-0.4, -0.2) is 62.3 Å². The first kappa shape index (κ1) is 15.7. The van der Waals surface area contributed by atoms with E-state index in [1.54, 1.807) is 0 Å². The first-order valence-corrected chi connectivity index (χ1v) is 8.09. The third-order valence-electron chi connectivity index (χ3n) is 4.24. The Labute approximate surface area is 122 Å². The summed E-state index contributed by atoms with van der Waals surface area (Å²) in [6.45, 7) is 9.27. The number of nitrogens with zero attached hydrogens (tertiary/aromatic N) is 1. The number of likely N-dealkylation sites (N-methyl/N-ethyl adjacent to an activating group) is 1. The van der Waals surface area contributed by atoms with Crippen LogP contribution in [0.25, 0.3) is 0 Å². The number of carbonyl (C=O) groups is 1. The summed E-state index contributed by atoms with van der Waals surface area (Å²) >= 11 is 0. The van der Waals surface area contributed by atoms with Gasteiger partial charge in [0.25, 0.3) is 0 Å². The predicted octanol–water partition coefficient (Wildman–Crippen LogP) is 0.602. The molecule has 2 N–H and O–H groups in total. The van der Waals surface area contributed by atoms with Gasteiger partial charge in [-0.25, -0.2) is 0 Å². The maximum atomic E-state index is 12.2. The molecule has 2 atom stereocenters. The quantitative estimate of drug-likeness (QED) is 0.651. The number of hydrogen-bond acceptors (Lipinski definition) is 4. The normalized spacial score (nSPS) is 26.1. The molecule has 2 fully saturated rings. The molecule has 0 aromatic heterocycles. The van der Waals surface area contributed by atoms with E-state index in [-0.39, 0.29) is 17.9 Å². The van der Waals surface area contributed by atoms with Crippen LogP contribution in [0.1, 0.15) is 33.1 Å². The molecule has 116 valence electrons. The van der Waals surface area contributed by atoms with Gasteiger partial charge in [0.2, 0.25) is 5.91 Å². The molecule has 5 heteroatoms. The van der Waals surface area contributed by atoms with Crippen molar-refractivity contribution in [3.05, 3.63) is 0 Å². The number of nitrogens with one attached hydrogen (secondary N) is 2. The van der Waals surface area contributed by atoms with Crippen LogP contribution in [-0.2, 0) is 9.53 Å². The largest absolute Gasteiger partial charge is 0.379 e. The first-order chi connectivity index (χ1) is 9.76. The summed E-state index contributed by atoms with van der Waals surface area (Å²) in [4.78, 5) is 14.7. The number of rotatable bonds is 9. The van der Waals surface area contributed by atoms with Gasteiger partial charge >= 0.3 is 0 Å². The van der Waals surface area contributed by atoms with Gasteiger partial charge in [-0.3, -0.25) is 9.69 Å². The van der Waals surface area contributed by atoms with Crippen molar-refractivity contribution in [3.8, 4) is 0 Å². The zero-order valence-corrected chi connectivity index (χ0v) is 12.9. The average molecular weight is 283 g/mol. The number of amides is 1. The lowest BCUT2D eigenvalue weighted by Crippen LogP contribution is -2.46. The fraction of sp³-hybridized carbons (Fsp3) is 0.933. The Morgan fingerprint density at radius 1 is 1.25 bits per heavy atom. The maximum Gasteiger partial charge on any atom is 0.227 e. The van der Waals surface area contributed by atoms with Crippen molar-refractivity contribution in [2.75, 3.05) is 39.4 Å². The van der Waals surface area contributed by atoms with E-state index in [0.29, 0.717) is 13.2 Å². The first-order valence-electron chi connectivity index (χ1n) is 8.09. The molecule has 0 bridgehead atoms. The topological polar surface area (TPSA) is 53.6 Å². The molecule has 0 radical (unpaired) electrons. The van der Waals surface area contributed by atoms with E-state index in [4.69, 9.17) is 4.74 Å². The van der Waals surface area contributed by atoms with Gasteiger partial charge in [-0.15, -0.1) is 0 Å². The summed E-state index contributed by atoms with van der Waals surface area (Å²) < 4.78 is 5.45. The van der Waals surface area contributed by atoms with E-state index < -0.39 is 0 Å². The van der Waals surface area contributed by atoms with Crippen LogP contribution in [0.4, 0.5) is 0 Å². The van der Waals surface area contributed by atoms with Crippen molar-refractivity contribution in [2.45, 2.75) is 45.2 Å². The highest BCUT2D eigenvalue weighted by atomic mass is 16.5. The summed E-state index contributed by atoms with van der Waals surface area (Å²) in [6, 6.07) is 0.950. The van der Waals surface area contributed by atoms with Crippen LogP contribution >= 0.6 is 0 Å². The minimum atomic E-state index is -0.0300. The molecule has 1 saturated carbocycles. The SMILES string of the molecule is CCCNC1COCC1C(=O)NCCN(CC)C1CC1. The molecule has 20 heavy (non-hydrogen) atoms. The van der Waals surface area contributed by atoms with Gasteiger partial charge in [0.05, 0.1) is 19.1 Å². The zero-order valence-electron chi connectivity index (χ0n) is 12.9. The third kappa shape index (κ3) is 4.43. The van der Waals surface area contributed by atoms with Crippen LogP contribution in [0.15, 0.2) is 0 Å². The van der Waals surface area contributed by atoms with E-state index >= 15 is 0 Å². The lowest BCUT2D eigenvalue weighted by Gasteiger charge is -2.22. The molecule has 5 nitrogen and oxygen atoms in total. The van der Waals surface area contributed by atoms with Crippen molar-refractivity contribution >= 4 is 5.91 Å². The van der Waals surface area contributed by atoms with Crippen molar-refractivity contribution < 1.29 is 9.53 Å². The van der Waals surface area contributed by atoms with Gasteiger partial charge in [-0.2, -0.15) is 0 Å². The number of ether oxygens (including phenoxy) is 1. The van der Waals surface area contributed by atoms with Crippen molar-refractivity contribution in [1.29, 1.82) is 0 Å². The van der Waals surface area contributed by atoms with E-state index in [0.717, 1.165) is 38.6 Å². The van der Waals surface area contributed by atoms with Crippen LogP contribution in [0.3, 0.4) is 0 Å². The van der Waals surface area contributed by atoms with Gasteiger partial charge in [0.1, 0.15) is 0 Å². The molecule has 2 unspecified atom stereocenters. The van der Waals surface area contributed by atoms with E-state index in [1.165, 1.54) is 12.8 Å². The molecule has 0 aromatic rings. The van der Waals surface area contributed by atoms with Crippen LogP contribution in [0.2, 0.25) is 0 Å². The molecule has 1 heterocycles. The summed E-state index contributed by atoms with van der Waals surface area (Å²) in [5.74, 6) is 0.112. The molecule has 0 spiro atoms. The monoisotopic (exact) mass is 283 g/mol. The average Bonchev–Trinajstić information content (AvgIpc) is 3.18. The van der Waals surface area contributed by atoms with E-state index in [9.17, 15) is 4.79 Å². The fourth-order valence-electron chi connectivity index (χ4n) is 2.84. The Kier molecular flexibility index (Phi) is 6.26. The highest BCUT2D eigenvalue weighted by Gasteiger charge is 2.33. The second-order valence-corrected chi connectivity index (χ2v) is 5.86. The van der Waals surface area contributed by atoms with Crippen LogP contribution in [0.5, 0.6) is 0 Å². The molecule has 2 aliphatic rings. The van der Waals surface area contributed by atoms with Gasteiger partial charge in [0, 0.05) is 25.2 Å². The highest BCUT2D eigenvalue weighted by Crippen LogP contribution is 2.25. The minimum absolute atomic E-state index is 0.0300. The third-order valence-corrected chi connectivity index (χ3v) is 4.24. The Hall–Kier alpha value is -0.650. The Morgan fingerprint density at radius 2 is 2.05 bits per heavy atom. The summed E-state index contributed by atoms with van der Waals surface area (Å²) in [6.07, 6.45) is 3.72. The molecule has 2 rings (SSSR count). The second kappa shape index (κ2) is 7.96. The van der Waals surface area contributed by atoms with E-state index in [1.807, 2.05) is 0 Å². The number of carbonyl (C=O) groups excluding carboxylic acids is 1. The standard InChI is InChI=1S/C15H29N3O2/c1-3-7-16-14-11-20-10-13(14)15(19)17-8-9-18(4-2)12-5-6-12/h12-14,16H,3-11H2,1-2H3,(H,17,19). The van der Waals surface area contributed by atoms with Crippen molar-refractivity contribution in [3.63, 3.8) is 0 Å².